The molecule has 1 fully saturated rings. The van der Waals surface area contributed by atoms with Crippen LogP contribution >= 0.6 is 0 Å². The van der Waals surface area contributed by atoms with Gasteiger partial charge in [-0.15, -0.1) is 0 Å². The number of nitrogens with zero attached hydrogens (tertiary/aromatic N) is 1. The molecule has 0 bridgehead atoms. The van der Waals surface area contributed by atoms with E-state index in [0.29, 0.717) is 24.4 Å². The first kappa shape index (κ1) is 14.7. The van der Waals surface area contributed by atoms with Crippen molar-refractivity contribution in [3.8, 4) is 11.5 Å². The maximum atomic E-state index is 12.5. The summed E-state index contributed by atoms with van der Waals surface area (Å²) in [5, 5.41) is 9.94. The van der Waals surface area contributed by atoms with Crippen LogP contribution in [0.2, 0.25) is 0 Å². The molecule has 110 valence electrons. The number of likely N-dealkylation sites (N-methyl/N-ethyl adjacent to an activating group) is 1. The average Bonchev–Trinajstić information content (AvgIpc) is 2.96. The third-order valence-corrected chi connectivity index (χ3v) is 3.55. The molecule has 1 aromatic carbocycles. The average molecular weight is 279 g/mol. The Morgan fingerprint density at radius 1 is 1.55 bits per heavy atom. The largest absolute Gasteiger partial charge is 0.507 e. The molecule has 5 heteroatoms. The van der Waals surface area contributed by atoms with Gasteiger partial charge in [0.1, 0.15) is 11.5 Å². The molecule has 2 rings (SSSR count). The van der Waals surface area contributed by atoms with Crippen LogP contribution in [0.3, 0.4) is 0 Å². The number of phenols is 1. The van der Waals surface area contributed by atoms with Crippen molar-refractivity contribution in [1.82, 2.24) is 4.90 Å². The predicted octanol–water partition coefficient (Wildman–Crippen LogP) is 2.04. The minimum atomic E-state index is -0.178. The Hall–Kier alpha value is -1.75. The molecule has 1 aromatic rings. The molecule has 0 aromatic heterocycles. The van der Waals surface area contributed by atoms with Crippen LogP contribution in [0.5, 0.6) is 11.5 Å². The highest BCUT2D eigenvalue weighted by Gasteiger charge is 2.24. The van der Waals surface area contributed by atoms with Crippen molar-refractivity contribution < 1.29 is 19.4 Å². The van der Waals surface area contributed by atoms with Crippen molar-refractivity contribution in [3.63, 3.8) is 0 Å². The molecule has 1 atom stereocenters. The number of amides is 1. The lowest BCUT2D eigenvalue weighted by Crippen LogP contribution is -2.37. The molecular weight excluding hydrogens is 258 g/mol. The first-order chi connectivity index (χ1) is 9.65. The van der Waals surface area contributed by atoms with E-state index in [1.165, 1.54) is 13.2 Å². The summed E-state index contributed by atoms with van der Waals surface area (Å²) in [4.78, 5) is 14.2. The van der Waals surface area contributed by atoms with Crippen molar-refractivity contribution in [1.29, 1.82) is 0 Å². The van der Waals surface area contributed by atoms with Gasteiger partial charge in [-0.2, -0.15) is 0 Å². The monoisotopic (exact) mass is 279 g/mol. The van der Waals surface area contributed by atoms with Gasteiger partial charge in [0.2, 0.25) is 0 Å². The Bertz CT molecular complexity index is 469. The molecule has 1 saturated heterocycles. The van der Waals surface area contributed by atoms with Crippen molar-refractivity contribution in [2.45, 2.75) is 25.9 Å². The molecule has 0 aliphatic carbocycles. The Morgan fingerprint density at radius 2 is 2.35 bits per heavy atom. The van der Waals surface area contributed by atoms with Crippen LogP contribution in [0.1, 0.15) is 30.1 Å². The second-order valence-corrected chi connectivity index (χ2v) is 4.86. The summed E-state index contributed by atoms with van der Waals surface area (Å²) in [5.74, 6) is 0.296. The molecule has 20 heavy (non-hydrogen) atoms. The van der Waals surface area contributed by atoms with Crippen LogP contribution in [0.4, 0.5) is 0 Å². The third-order valence-electron chi connectivity index (χ3n) is 3.55. The zero-order valence-electron chi connectivity index (χ0n) is 12.0. The van der Waals surface area contributed by atoms with Gasteiger partial charge in [0.25, 0.3) is 5.91 Å². The zero-order chi connectivity index (χ0) is 14.5. The smallest absolute Gasteiger partial charge is 0.257 e. The SMILES string of the molecule is CCN(CC1CCCO1)C(=O)c1ccc(OC)cc1O. The van der Waals surface area contributed by atoms with Gasteiger partial charge in [-0.25, -0.2) is 0 Å². The number of rotatable bonds is 5. The van der Waals surface area contributed by atoms with Crippen LogP contribution in [0.15, 0.2) is 18.2 Å². The molecule has 0 saturated carbocycles. The van der Waals surface area contributed by atoms with Gasteiger partial charge < -0.3 is 19.5 Å². The van der Waals surface area contributed by atoms with Crippen LogP contribution in [-0.2, 0) is 4.74 Å². The van der Waals surface area contributed by atoms with E-state index in [2.05, 4.69) is 0 Å². The van der Waals surface area contributed by atoms with E-state index < -0.39 is 0 Å². The van der Waals surface area contributed by atoms with Crippen LogP contribution < -0.4 is 4.74 Å². The minimum absolute atomic E-state index is 0.0554. The Labute approximate surface area is 119 Å². The molecule has 0 spiro atoms. The number of carbonyl (C=O) groups excluding carboxylic acids is 1. The van der Waals surface area contributed by atoms with Crippen LogP contribution in [0.25, 0.3) is 0 Å². The van der Waals surface area contributed by atoms with E-state index in [-0.39, 0.29) is 17.8 Å². The molecule has 1 heterocycles. The third kappa shape index (κ3) is 3.22. The van der Waals surface area contributed by atoms with Gasteiger partial charge in [-0.05, 0) is 31.9 Å². The van der Waals surface area contributed by atoms with Gasteiger partial charge in [0.05, 0.1) is 18.8 Å². The highest BCUT2D eigenvalue weighted by molar-refractivity contribution is 5.97. The summed E-state index contributed by atoms with van der Waals surface area (Å²) < 4.78 is 10.6. The molecule has 1 aliphatic rings. The number of benzene rings is 1. The molecule has 1 amide bonds. The van der Waals surface area contributed by atoms with E-state index in [0.717, 1.165) is 19.4 Å². The summed E-state index contributed by atoms with van der Waals surface area (Å²) in [6.45, 7) is 3.85. The molecule has 0 radical (unpaired) electrons. The molecule has 5 nitrogen and oxygen atoms in total. The number of carbonyl (C=O) groups is 1. The Balaban J connectivity index is 2.11. The van der Waals surface area contributed by atoms with Crippen molar-refractivity contribution >= 4 is 5.91 Å². The Morgan fingerprint density at radius 3 is 2.90 bits per heavy atom. The van der Waals surface area contributed by atoms with Crippen LogP contribution in [0, 0.1) is 0 Å². The standard InChI is InChI=1S/C15H21NO4/c1-3-16(10-12-5-4-8-20-12)15(18)13-7-6-11(19-2)9-14(13)17/h6-7,9,12,17H,3-5,8,10H2,1-2H3. The second-order valence-electron chi connectivity index (χ2n) is 4.86. The highest BCUT2D eigenvalue weighted by Crippen LogP contribution is 2.25. The van der Waals surface area contributed by atoms with Crippen molar-refractivity contribution in [2.75, 3.05) is 26.8 Å². The first-order valence-electron chi connectivity index (χ1n) is 6.93. The molecule has 1 unspecified atom stereocenters. The lowest BCUT2D eigenvalue weighted by atomic mass is 10.1. The Kier molecular flexibility index (Phi) is 4.84. The number of hydrogen-bond donors (Lipinski definition) is 1. The predicted molar refractivity (Wildman–Crippen MR) is 75.2 cm³/mol. The van der Waals surface area contributed by atoms with Gasteiger partial charge in [0.15, 0.2) is 0 Å². The molecule has 1 aliphatic heterocycles. The van der Waals surface area contributed by atoms with Gasteiger partial charge >= 0.3 is 0 Å². The first-order valence-corrected chi connectivity index (χ1v) is 6.93. The topological polar surface area (TPSA) is 59.0 Å². The summed E-state index contributed by atoms with van der Waals surface area (Å²) in [6, 6.07) is 4.72. The lowest BCUT2D eigenvalue weighted by molar-refractivity contribution is 0.0537. The minimum Gasteiger partial charge on any atom is -0.507 e. The molecule has 1 N–H and O–H groups in total. The highest BCUT2D eigenvalue weighted by atomic mass is 16.5. The van der Waals surface area contributed by atoms with E-state index >= 15 is 0 Å². The van der Waals surface area contributed by atoms with Crippen molar-refractivity contribution in [2.24, 2.45) is 0 Å². The maximum absolute atomic E-state index is 12.5. The fourth-order valence-corrected chi connectivity index (χ4v) is 2.38. The van der Waals surface area contributed by atoms with E-state index in [4.69, 9.17) is 9.47 Å². The van der Waals surface area contributed by atoms with Crippen LogP contribution in [-0.4, -0.2) is 48.8 Å². The second kappa shape index (κ2) is 6.61. The summed E-state index contributed by atoms with van der Waals surface area (Å²) >= 11 is 0. The van der Waals surface area contributed by atoms with Gasteiger partial charge in [-0.1, -0.05) is 0 Å². The number of hydrogen-bond acceptors (Lipinski definition) is 4. The number of phenolic OH excluding ortho intramolecular Hbond substituents is 1. The van der Waals surface area contributed by atoms with E-state index in [9.17, 15) is 9.90 Å². The van der Waals surface area contributed by atoms with Crippen molar-refractivity contribution in [3.05, 3.63) is 23.8 Å². The quantitative estimate of drug-likeness (QED) is 0.896. The maximum Gasteiger partial charge on any atom is 0.257 e. The number of ether oxygens (including phenoxy) is 2. The normalized spacial score (nSPS) is 18.0. The lowest BCUT2D eigenvalue weighted by Gasteiger charge is -2.24. The fourth-order valence-electron chi connectivity index (χ4n) is 2.38. The summed E-state index contributed by atoms with van der Waals surface area (Å²) in [7, 11) is 1.52. The van der Waals surface area contributed by atoms with E-state index in [1.54, 1.807) is 17.0 Å². The number of methoxy groups -OCH3 is 1. The fraction of sp³-hybridized carbons (Fsp3) is 0.533. The summed E-state index contributed by atoms with van der Waals surface area (Å²) in [6.07, 6.45) is 2.14. The summed E-state index contributed by atoms with van der Waals surface area (Å²) in [5.41, 5.74) is 0.297. The number of aromatic hydroxyl groups is 1. The zero-order valence-corrected chi connectivity index (χ0v) is 12.0. The van der Waals surface area contributed by atoms with E-state index in [1.807, 2.05) is 6.92 Å². The van der Waals surface area contributed by atoms with Gasteiger partial charge in [0, 0.05) is 25.8 Å². The van der Waals surface area contributed by atoms with Gasteiger partial charge in [-0.3, -0.25) is 4.79 Å². The molecular formula is C15H21NO4.